The third-order valence-electron chi connectivity index (χ3n) is 5.86. The van der Waals surface area contributed by atoms with Crippen molar-refractivity contribution in [2.24, 2.45) is 5.41 Å². The first-order chi connectivity index (χ1) is 14.1. The van der Waals surface area contributed by atoms with E-state index < -0.39 is 50.4 Å². The smallest absolute Gasteiger partial charge is 0.207 e. The summed E-state index contributed by atoms with van der Waals surface area (Å²) in [5, 5.41) is 0. The highest BCUT2D eigenvalue weighted by Crippen LogP contribution is 2.64. The predicted octanol–water partition coefficient (Wildman–Crippen LogP) is 5.44. The summed E-state index contributed by atoms with van der Waals surface area (Å²) in [6.07, 6.45) is 2.29. The van der Waals surface area contributed by atoms with Gasteiger partial charge in [0.2, 0.25) is 21.5 Å². The SMILES string of the molecule is COc1c(F)c(F)c(C2=C(c3ccc(S(=O)(=O)CF)cc3)CC3(CC3)C2)c(F)c1F. The molecule has 0 bridgehead atoms. The lowest BCUT2D eigenvalue weighted by Crippen LogP contribution is -2.07. The average Bonchev–Trinajstić information content (AvgIpc) is 3.39. The third kappa shape index (κ3) is 3.19. The number of alkyl halides is 1. The Balaban J connectivity index is 1.89. The molecule has 3 nitrogen and oxygen atoms in total. The third-order valence-corrected chi connectivity index (χ3v) is 7.14. The fraction of sp³-hybridized carbons (Fsp3) is 0.333. The Hall–Kier alpha value is -2.42. The van der Waals surface area contributed by atoms with Gasteiger partial charge in [-0.25, -0.2) is 21.6 Å². The van der Waals surface area contributed by atoms with Gasteiger partial charge in [-0.2, -0.15) is 8.78 Å². The van der Waals surface area contributed by atoms with Crippen LogP contribution in [0.3, 0.4) is 0 Å². The van der Waals surface area contributed by atoms with Crippen LogP contribution in [-0.2, 0) is 9.84 Å². The van der Waals surface area contributed by atoms with Crippen LogP contribution in [0, 0.1) is 28.7 Å². The summed E-state index contributed by atoms with van der Waals surface area (Å²) >= 11 is 0. The molecule has 30 heavy (non-hydrogen) atoms. The zero-order chi connectivity index (χ0) is 21.8. The first kappa shape index (κ1) is 20.8. The highest BCUT2D eigenvalue weighted by Gasteiger charge is 2.49. The minimum absolute atomic E-state index is 0.143. The molecule has 1 spiro atoms. The Bertz CT molecular complexity index is 1140. The molecule has 0 heterocycles. The van der Waals surface area contributed by atoms with Gasteiger partial charge in [0.1, 0.15) is 0 Å². The number of halogens is 5. The van der Waals surface area contributed by atoms with Crippen molar-refractivity contribution in [2.45, 2.75) is 30.6 Å². The van der Waals surface area contributed by atoms with Crippen LogP contribution in [-0.4, -0.2) is 21.5 Å². The van der Waals surface area contributed by atoms with Crippen LogP contribution in [0.25, 0.3) is 11.1 Å². The molecule has 2 aromatic rings. The average molecular weight is 444 g/mol. The molecule has 0 atom stereocenters. The summed E-state index contributed by atoms with van der Waals surface area (Å²) in [4.78, 5) is -0.228. The number of hydrogen-bond acceptors (Lipinski definition) is 3. The summed E-state index contributed by atoms with van der Waals surface area (Å²) in [7, 11) is -3.15. The number of rotatable bonds is 5. The summed E-state index contributed by atoms with van der Waals surface area (Å²) in [5.74, 6) is -7.42. The normalized spacial score (nSPS) is 17.7. The molecule has 0 aromatic heterocycles. The van der Waals surface area contributed by atoms with Gasteiger partial charge < -0.3 is 4.74 Å². The van der Waals surface area contributed by atoms with Gasteiger partial charge in [-0.3, -0.25) is 0 Å². The van der Waals surface area contributed by atoms with Crippen LogP contribution in [0.5, 0.6) is 5.75 Å². The van der Waals surface area contributed by atoms with Crippen LogP contribution in [0.4, 0.5) is 22.0 Å². The maximum Gasteiger partial charge on any atom is 0.207 e. The first-order valence-corrected chi connectivity index (χ1v) is 10.8. The highest BCUT2D eigenvalue weighted by molar-refractivity contribution is 7.91. The topological polar surface area (TPSA) is 43.4 Å². The minimum Gasteiger partial charge on any atom is -0.491 e. The second-order valence-corrected chi connectivity index (χ2v) is 9.64. The fourth-order valence-electron chi connectivity index (χ4n) is 4.05. The van der Waals surface area contributed by atoms with Gasteiger partial charge in [0.05, 0.1) is 17.6 Å². The van der Waals surface area contributed by atoms with Crippen LogP contribution in [0.1, 0.15) is 36.8 Å². The molecule has 2 aliphatic rings. The molecule has 0 unspecified atom stereocenters. The largest absolute Gasteiger partial charge is 0.491 e. The number of sulfone groups is 1. The number of hydrogen-bond donors (Lipinski definition) is 0. The van der Waals surface area contributed by atoms with E-state index in [2.05, 4.69) is 4.74 Å². The van der Waals surface area contributed by atoms with E-state index in [4.69, 9.17) is 0 Å². The Morgan fingerprint density at radius 2 is 1.43 bits per heavy atom. The van der Waals surface area contributed by atoms with Crippen molar-refractivity contribution in [3.63, 3.8) is 0 Å². The van der Waals surface area contributed by atoms with Gasteiger partial charge in [0, 0.05) is 0 Å². The molecular formula is C21H17F5O3S. The fourth-order valence-corrected chi connectivity index (χ4v) is 4.73. The van der Waals surface area contributed by atoms with Crippen molar-refractivity contribution in [2.75, 3.05) is 13.1 Å². The van der Waals surface area contributed by atoms with Crippen LogP contribution in [0.2, 0.25) is 0 Å². The number of methoxy groups -OCH3 is 1. The van der Waals surface area contributed by atoms with Gasteiger partial charge in [0.15, 0.2) is 23.4 Å². The zero-order valence-electron chi connectivity index (χ0n) is 15.9. The van der Waals surface area contributed by atoms with Crippen molar-refractivity contribution in [3.8, 4) is 5.75 Å². The van der Waals surface area contributed by atoms with Crippen molar-refractivity contribution in [3.05, 3.63) is 58.7 Å². The quantitative estimate of drug-likeness (QED) is 0.456. The molecule has 0 radical (unpaired) electrons. The number of ether oxygens (including phenoxy) is 1. The van der Waals surface area contributed by atoms with Crippen molar-refractivity contribution >= 4 is 21.0 Å². The highest BCUT2D eigenvalue weighted by atomic mass is 32.2. The van der Waals surface area contributed by atoms with E-state index in [0.717, 1.165) is 20.0 Å². The molecule has 9 heteroatoms. The van der Waals surface area contributed by atoms with Gasteiger partial charge in [0.25, 0.3) is 0 Å². The van der Waals surface area contributed by atoms with E-state index in [0.29, 0.717) is 17.6 Å². The van der Waals surface area contributed by atoms with Gasteiger partial charge in [-0.05, 0) is 59.9 Å². The monoisotopic (exact) mass is 444 g/mol. The van der Waals surface area contributed by atoms with Gasteiger partial charge >= 0.3 is 0 Å². The van der Waals surface area contributed by atoms with E-state index in [9.17, 15) is 30.4 Å². The lowest BCUT2D eigenvalue weighted by Gasteiger charge is -2.14. The Kier molecular flexibility index (Phi) is 4.91. The van der Waals surface area contributed by atoms with Crippen LogP contribution >= 0.6 is 0 Å². The number of allylic oxidation sites excluding steroid dienone is 2. The minimum atomic E-state index is -4.06. The maximum absolute atomic E-state index is 14.8. The lowest BCUT2D eigenvalue weighted by molar-refractivity contribution is 0.331. The first-order valence-electron chi connectivity index (χ1n) is 9.15. The Morgan fingerprint density at radius 1 is 0.900 bits per heavy atom. The molecule has 0 aliphatic heterocycles. The second-order valence-electron chi connectivity index (χ2n) is 7.72. The van der Waals surface area contributed by atoms with Crippen molar-refractivity contribution in [1.29, 1.82) is 0 Å². The predicted molar refractivity (Wildman–Crippen MR) is 100 cm³/mol. The van der Waals surface area contributed by atoms with Crippen molar-refractivity contribution < 1.29 is 35.1 Å². The van der Waals surface area contributed by atoms with E-state index in [1.807, 2.05) is 0 Å². The molecule has 1 fully saturated rings. The summed E-state index contributed by atoms with van der Waals surface area (Å²) < 4.78 is 98.6. The summed E-state index contributed by atoms with van der Waals surface area (Å²) in [5.41, 5.74) is 0.0923. The van der Waals surface area contributed by atoms with Gasteiger partial charge in [-0.15, -0.1) is 0 Å². The molecule has 0 saturated heterocycles. The van der Waals surface area contributed by atoms with Crippen LogP contribution < -0.4 is 4.74 Å². The molecule has 1 saturated carbocycles. The molecule has 2 aliphatic carbocycles. The molecular weight excluding hydrogens is 427 g/mol. The zero-order valence-corrected chi connectivity index (χ0v) is 16.7. The molecule has 0 N–H and O–H groups in total. The van der Waals surface area contributed by atoms with E-state index in [1.165, 1.54) is 24.3 Å². The molecule has 0 amide bonds. The summed E-state index contributed by atoms with van der Waals surface area (Å²) in [6, 6.07) is 3.67. The lowest BCUT2D eigenvalue weighted by atomic mass is 9.95. The maximum atomic E-state index is 14.8. The van der Waals surface area contributed by atoms with E-state index in [-0.39, 0.29) is 22.3 Å². The van der Waals surface area contributed by atoms with Crippen molar-refractivity contribution in [1.82, 2.24) is 0 Å². The summed E-state index contributed by atoms with van der Waals surface area (Å²) in [6.45, 7) is 0. The van der Waals surface area contributed by atoms with E-state index >= 15 is 0 Å². The standard InChI is InChI=1S/C21H17F5O3S/c1-29-20-18(25)16(23)15(17(24)19(20)26)14-9-21(6-7-21)8-13(14)11-2-4-12(5-3-11)30(27,28)10-22/h2-5H,6-10H2,1H3. The van der Waals surface area contributed by atoms with E-state index in [1.54, 1.807) is 0 Å². The number of benzene rings is 2. The van der Waals surface area contributed by atoms with Gasteiger partial charge in [-0.1, -0.05) is 12.1 Å². The molecule has 160 valence electrons. The Morgan fingerprint density at radius 3 is 1.90 bits per heavy atom. The van der Waals surface area contributed by atoms with Crippen LogP contribution in [0.15, 0.2) is 29.2 Å². The molecule has 4 rings (SSSR count). The Labute approximate surface area is 170 Å². The molecule has 2 aromatic carbocycles. The second kappa shape index (κ2) is 7.08.